The molecule has 0 aromatic heterocycles. The molecule has 0 radical (unpaired) electrons. The standard InChI is InChI=1S/C20H24N2/c21-19(16-10-4-1-5-11-16)20(17-12-6-2-7-13-17)22-18-14-8-3-9-15-18/h1-2,4-7,10-13,19-20H,3,8-9,14-15,21H2/t19-,20-/m1/s1. The van der Waals surface area contributed by atoms with E-state index in [9.17, 15) is 0 Å². The topological polar surface area (TPSA) is 38.4 Å². The zero-order valence-electron chi connectivity index (χ0n) is 13.0. The third kappa shape index (κ3) is 3.63. The number of hydrogen-bond acceptors (Lipinski definition) is 2. The molecule has 22 heavy (non-hydrogen) atoms. The molecule has 0 spiro atoms. The molecule has 0 amide bonds. The van der Waals surface area contributed by atoms with Gasteiger partial charge in [0.2, 0.25) is 0 Å². The van der Waals surface area contributed by atoms with Crippen LogP contribution in [0.2, 0.25) is 0 Å². The van der Waals surface area contributed by atoms with E-state index in [4.69, 9.17) is 10.7 Å². The summed E-state index contributed by atoms with van der Waals surface area (Å²) < 4.78 is 0. The monoisotopic (exact) mass is 292 g/mol. The van der Waals surface area contributed by atoms with E-state index in [1.807, 2.05) is 24.3 Å². The quantitative estimate of drug-likeness (QED) is 0.861. The summed E-state index contributed by atoms with van der Waals surface area (Å²) in [5, 5.41) is 0. The van der Waals surface area contributed by atoms with Crippen molar-refractivity contribution in [1.82, 2.24) is 0 Å². The Morgan fingerprint density at radius 1 is 0.727 bits per heavy atom. The summed E-state index contributed by atoms with van der Waals surface area (Å²) in [6, 6.07) is 20.7. The molecule has 0 bridgehead atoms. The van der Waals surface area contributed by atoms with E-state index in [-0.39, 0.29) is 12.1 Å². The van der Waals surface area contributed by atoms with Crippen LogP contribution in [-0.4, -0.2) is 5.71 Å². The molecule has 3 rings (SSSR count). The molecule has 114 valence electrons. The molecule has 1 aliphatic rings. The van der Waals surface area contributed by atoms with Crippen LogP contribution in [0, 0.1) is 0 Å². The van der Waals surface area contributed by atoms with Crippen molar-refractivity contribution in [2.45, 2.75) is 44.2 Å². The molecule has 0 saturated heterocycles. The van der Waals surface area contributed by atoms with E-state index in [2.05, 4.69) is 36.4 Å². The van der Waals surface area contributed by atoms with Crippen LogP contribution in [0.15, 0.2) is 65.7 Å². The summed E-state index contributed by atoms with van der Waals surface area (Å²) in [4.78, 5) is 5.07. The van der Waals surface area contributed by atoms with E-state index < -0.39 is 0 Å². The van der Waals surface area contributed by atoms with Gasteiger partial charge in [0.25, 0.3) is 0 Å². The summed E-state index contributed by atoms with van der Waals surface area (Å²) in [5.41, 5.74) is 10.3. The fraction of sp³-hybridized carbons (Fsp3) is 0.350. The van der Waals surface area contributed by atoms with Gasteiger partial charge in [-0.3, -0.25) is 4.99 Å². The number of hydrogen-bond donors (Lipinski definition) is 1. The first-order valence-electron chi connectivity index (χ1n) is 8.25. The molecule has 1 fully saturated rings. The van der Waals surface area contributed by atoms with Crippen molar-refractivity contribution < 1.29 is 0 Å². The van der Waals surface area contributed by atoms with Crippen molar-refractivity contribution >= 4 is 5.71 Å². The second kappa shape index (κ2) is 7.37. The lowest BCUT2D eigenvalue weighted by molar-refractivity contribution is 0.565. The Kier molecular flexibility index (Phi) is 5.02. The van der Waals surface area contributed by atoms with Crippen LogP contribution in [0.4, 0.5) is 0 Å². The molecule has 2 heteroatoms. The summed E-state index contributed by atoms with van der Waals surface area (Å²) in [6.07, 6.45) is 6.12. The minimum Gasteiger partial charge on any atom is -0.322 e. The lowest BCUT2D eigenvalue weighted by atomic mass is 9.93. The SMILES string of the molecule is N[C@H](c1ccccc1)[C@H](N=C1CCCCC1)c1ccccc1. The van der Waals surface area contributed by atoms with Crippen LogP contribution in [-0.2, 0) is 0 Å². The molecule has 0 aliphatic heterocycles. The van der Waals surface area contributed by atoms with Gasteiger partial charge in [-0.1, -0.05) is 67.1 Å². The molecular weight excluding hydrogens is 268 g/mol. The Morgan fingerprint density at radius 3 is 1.86 bits per heavy atom. The third-order valence-corrected chi connectivity index (χ3v) is 4.42. The van der Waals surface area contributed by atoms with Crippen molar-refractivity contribution in [2.24, 2.45) is 10.7 Å². The van der Waals surface area contributed by atoms with Crippen molar-refractivity contribution in [3.63, 3.8) is 0 Å². The number of nitrogens with two attached hydrogens (primary N) is 1. The molecule has 2 nitrogen and oxygen atoms in total. The summed E-state index contributed by atoms with van der Waals surface area (Å²) in [5.74, 6) is 0. The highest BCUT2D eigenvalue weighted by atomic mass is 14.9. The van der Waals surface area contributed by atoms with Crippen molar-refractivity contribution in [2.75, 3.05) is 0 Å². The van der Waals surface area contributed by atoms with Crippen LogP contribution < -0.4 is 5.73 Å². The van der Waals surface area contributed by atoms with Gasteiger partial charge in [0.05, 0.1) is 12.1 Å². The largest absolute Gasteiger partial charge is 0.322 e. The maximum Gasteiger partial charge on any atom is 0.0940 e. The first-order valence-corrected chi connectivity index (χ1v) is 8.25. The molecule has 2 atom stereocenters. The summed E-state index contributed by atoms with van der Waals surface area (Å²) in [6.45, 7) is 0. The normalized spacial score (nSPS) is 17.8. The van der Waals surface area contributed by atoms with Gasteiger partial charge >= 0.3 is 0 Å². The summed E-state index contributed by atoms with van der Waals surface area (Å²) >= 11 is 0. The van der Waals surface area contributed by atoms with Gasteiger partial charge in [-0.25, -0.2) is 0 Å². The highest BCUT2D eigenvalue weighted by Crippen LogP contribution is 2.32. The zero-order valence-corrected chi connectivity index (χ0v) is 13.0. The minimum absolute atomic E-state index is 0.0108. The minimum atomic E-state index is -0.0990. The Bertz CT molecular complexity index is 596. The van der Waals surface area contributed by atoms with Crippen LogP contribution in [0.5, 0.6) is 0 Å². The zero-order chi connectivity index (χ0) is 15.2. The van der Waals surface area contributed by atoms with Gasteiger partial charge < -0.3 is 5.73 Å². The predicted octanol–water partition coefficient (Wildman–Crippen LogP) is 4.83. The van der Waals surface area contributed by atoms with Gasteiger partial charge in [0, 0.05) is 5.71 Å². The van der Waals surface area contributed by atoms with Crippen molar-refractivity contribution in [1.29, 1.82) is 0 Å². The van der Waals surface area contributed by atoms with E-state index in [1.165, 1.54) is 30.5 Å². The maximum atomic E-state index is 6.58. The molecule has 2 N–H and O–H groups in total. The van der Waals surface area contributed by atoms with Crippen LogP contribution in [0.1, 0.15) is 55.3 Å². The fourth-order valence-corrected chi connectivity index (χ4v) is 3.16. The van der Waals surface area contributed by atoms with Crippen molar-refractivity contribution in [3.05, 3.63) is 71.8 Å². The van der Waals surface area contributed by atoms with Crippen LogP contribution in [0.3, 0.4) is 0 Å². The molecule has 0 heterocycles. The van der Waals surface area contributed by atoms with Gasteiger partial charge in [-0.15, -0.1) is 0 Å². The van der Waals surface area contributed by atoms with Crippen LogP contribution in [0.25, 0.3) is 0 Å². The molecule has 1 aliphatic carbocycles. The van der Waals surface area contributed by atoms with Gasteiger partial charge in [-0.2, -0.15) is 0 Å². The lowest BCUT2D eigenvalue weighted by Gasteiger charge is -2.24. The van der Waals surface area contributed by atoms with E-state index in [1.54, 1.807) is 0 Å². The first-order chi connectivity index (χ1) is 10.8. The Hall–Kier alpha value is -1.93. The number of aliphatic imine (C=N–C) groups is 1. The molecule has 0 unspecified atom stereocenters. The Labute approximate surface area is 133 Å². The summed E-state index contributed by atoms with van der Waals surface area (Å²) in [7, 11) is 0. The third-order valence-electron chi connectivity index (χ3n) is 4.42. The lowest BCUT2D eigenvalue weighted by Crippen LogP contribution is -2.20. The molecular formula is C20H24N2. The van der Waals surface area contributed by atoms with E-state index in [0.717, 1.165) is 18.4 Å². The van der Waals surface area contributed by atoms with Crippen molar-refractivity contribution in [3.8, 4) is 0 Å². The number of nitrogens with zero attached hydrogens (tertiary/aromatic N) is 1. The average molecular weight is 292 g/mol. The highest BCUT2D eigenvalue weighted by Gasteiger charge is 2.21. The number of rotatable bonds is 4. The van der Waals surface area contributed by atoms with Gasteiger partial charge in [0.15, 0.2) is 0 Å². The fourth-order valence-electron chi connectivity index (χ4n) is 3.16. The van der Waals surface area contributed by atoms with E-state index in [0.29, 0.717) is 0 Å². The Morgan fingerprint density at radius 2 is 1.27 bits per heavy atom. The van der Waals surface area contributed by atoms with E-state index >= 15 is 0 Å². The molecule has 2 aromatic carbocycles. The number of benzene rings is 2. The smallest absolute Gasteiger partial charge is 0.0940 e. The average Bonchev–Trinajstić information content (AvgIpc) is 2.61. The maximum absolute atomic E-state index is 6.58. The van der Waals surface area contributed by atoms with Gasteiger partial charge in [0.1, 0.15) is 0 Å². The van der Waals surface area contributed by atoms with Crippen LogP contribution >= 0.6 is 0 Å². The predicted molar refractivity (Wildman–Crippen MR) is 93.1 cm³/mol. The molecule has 2 aromatic rings. The molecule has 1 saturated carbocycles. The Balaban J connectivity index is 1.92. The second-order valence-electron chi connectivity index (χ2n) is 6.05. The second-order valence-corrected chi connectivity index (χ2v) is 6.05. The van der Waals surface area contributed by atoms with Gasteiger partial charge in [-0.05, 0) is 36.8 Å². The first kappa shape index (κ1) is 15.0. The highest BCUT2D eigenvalue weighted by molar-refractivity contribution is 5.85.